The predicted molar refractivity (Wildman–Crippen MR) is 126 cm³/mol. The molecule has 0 radical (unpaired) electrons. The van der Waals surface area contributed by atoms with Crippen molar-refractivity contribution in [2.24, 2.45) is 9.78 Å². The van der Waals surface area contributed by atoms with E-state index in [9.17, 15) is 36.1 Å². The summed E-state index contributed by atoms with van der Waals surface area (Å²) in [6.07, 6.45) is -3.87. The van der Waals surface area contributed by atoms with E-state index in [0.29, 0.717) is 12.8 Å². The minimum absolute atomic E-state index is 0.0253. The van der Waals surface area contributed by atoms with Gasteiger partial charge in [0, 0.05) is 43.4 Å². The summed E-state index contributed by atoms with van der Waals surface area (Å²) in [5.41, 5.74) is -3.30. The first-order chi connectivity index (χ1) is 17.5. The number of halogens is 5. The number of aliphatic hydroxyl groups is 2. The lowest BCUT2D eigenvalue weighted by atomic mass is 9.67. The molecule has 2 saturated carbocycles. The van der Waals surface area contributed by atoms with E-state index >= 15 is 0 Å². The molecule has 3 N–H and O–H groups in total. The van der Waals surface area contributed by atoms with Crippen molar-refractivity contribution in [3.63, 3.8) is 0 Å². The zero-order chi connectivity index (χ0) is 28.1. The van der Waals surface area contributed by atoms with Crippen molar-refractivity contribution in [3.8, 4) is 0 Å². The molecular weight excluding hydrogens is 537 g/mol. The molecule has 9 nitrogen and oxygen atoms in total. The highest BCUT2D eigenvalue weighted by Crippen LogP contribution is 2.53. The summed E-state index contributed by atoms with van der Waals surface area (Å²) in [6.45, 7) is 0.275. The molecule has 2 heterocycles. The molecule has 38 heavy (non-hydrogen) atoms. The van der Waals surface area contributed by atoms with Gasteiger partial charge in [-0.05, 0) is 30.4 Å². The fraction of sp³-hybridized carbons (Fsp3) is 0.609. The fourth-order valence-electron chi connectivity index (χ4n) is 4.65. The van der Waals surface area contributed by atoms with Crippen molar-refractivity contribution in [3.05, 3.63) is 35.3 Å². The van der Waals surface area contributed by atoms with Crippen LogP contribution >= 0.6 is 0 Å². The number of nitrogens with one attached hydrogen (secondary N) is 1. The lowest BCUT2D eigenvalue weighted by molar-refractivity contribution is -0.160. The number of anilines is 1. The number of carbonyl (C=O) groups is 1. The number of rotatable bonds is 9. The Balaban J connectivity index is 1.69. The van der Waals surface area contributed by atoms with Crippen LogP contribution in [0.3, 0.4) is 0 Å². The van der Waals surface area contributed by atoms with Crippen LogP contribution in [0.15, 0.2) is 27.7 Å². The maximum absolute atomic E-state index is 14.2. The highest BCUT2D eigenvalue weighted by Gasteiger charge is 2.55. The van der Waals surface area contributed by atoms with E-state index in [1.807, 2.05) is 0 Å². The second-order valence-electron chi connectivity index (χ2n) is 10.3. The molecule has 0 aliphatic heterocycles. The molecule has 2 fully saturated rings. The summed E-state index contributed by atoms with van der Waals surface area (Å²) < 4.78 is 87.5. The number of hydrogen-bond donors (Lipinski definition) is 3. The molecule has 2 atom stereocenters. The molecule has 2 aromatic rings. The number of carbonyl (C=O) groups excluding carboxylic acids is 1. The summed E-state index contributed by atoms with van der Waals surface area (Å²) >= 11 is 0. The van der Waals surface area contributed by atoms with Crippen molar-refractivity contribution in [2.75, 3.05) is 24.7 Å². The second-order valence-corrected chi connectivity index (χ2v) is 12.6. The largest absolute Gasteiger partial charge is 0.420 e. The van der Waals surface area contributed by atoms with Gasteiger partial charge in [-0.1, -0.05) is 6.92 Å². The topological polar surface area (TPSA) is 130 Å². The first-order valence-corrected chi connectivity index (χ1v) is 13.8. The standard InChI is InChI=1S/C23H28F5N5O4S/c1-21(10-22(24,25)11-21)12-33-19(17(23(26,27)28)18(32-33)13-3-4-13)20(36)31-14-5-6-29-16(7-14)38(2,37)30-8-15(35)9-34/h5-7,13,15,34-35H,3-4,8-12H2,1-2H3,(H,29,31,36). The molecular formula is C23H28F5N5O4S. The quantitative estimate of drug-likeness (QED) is 0.398. The van der Waals surface area contributed by atoms with E-state index in [-0.39, 0.29) is 29.5 Å². The Morgan fingerprint density at radius 1 is 1.34 bits per heavy atom. The summed E-state index contributed by atoms with van der Waals surface area (Å²) in [7, 11) is -3.18. The van der Waals surface area contributed by atoms with Gasteiger partial charge in [-0.2, -0.15) is 18.3 Å². The normalized spacial score (nSPS) is 20.8. The van der Waals surface area contributed by atoms with Gasteiger partial charge < -0.3 is 15.5 Å². The van der Waals surface area contributed by atoms with E-state index in [0.717, 1.165) is 4.68 Å². The van der Waals surface area contributed by atoms with Crippen LogP contribution in [0.4, 0.5) is 27.6 Å². The lowest BCUT2D eigenvalue weighted by Crippen LogP contribution is -2.47. The summed E-state index contributed by atoms with van der Waals surface area (Å²) in [4.78, 5) is 17.2. The van der Waals surface area contributed by atoms with Crippen LogP contribution in [0.5, 0.6) is 0 Å². The number of hydrogen-bond acceptors (Lipinski definition) is 7. The summed E-state index contributed by atoms with van der Waals surface area (Å²) in [6, 6.07) is 2.46. The van der Waals surface area contributed by atoms with Crippen molar-refractivity contribution in [1.82, 2.24) is 14.8 Å². The number of aliphatic hydroxyl groups excluding tert-OH is 2. The number of pyridine rings is 1. The lowest BCUT2D eigenvalue weighted by Gasteiger charge is -2.44. The molecule has 2 aromatic heterocycles. The van der Waals surface area contributed by atoms with Gasteiger partial charge in [-0.15, -0.1) is 0 Å². The molecule has 15 heteroatoms. The monoisotopic (exact) mass is 565 g/mol. The van der Waals surface area contributed by atoms with Gasteiger partial charge in [0.1, 0.15) is 16.3 Å². The maximum atomic E-state index is 14.2. The third-order valence-electron chi connectivity index (χ3n) is 6.47. The van der Waals surface area contributed by atoms with E-state index < -0.39 is 75.9 Å². The Morgan fingerprint density at radius 3 is 2.55 bits per heavy atom. The number of nitrogens with zero attached hydrogens (tertiary/aromatic N) is 4. The summed E-state index contributed by atoms with van der Waals surface area (Å²) in [5.74, 6) is -4.54. The smallest absolute Gasteiger partial charge is 0.394 e. The van der Waals surface area contributed by atoms with Crippen LogP contribution in [0.1, 0.15) is 60.3 Å². The number of amides is 1. The average molecular weight is 566 g/mol. The predicted octanol–water partition coefficient (Wildman–Crippen LogP) is 3.67. The van der Waals surface area contributed by atoms with Crippen molar-refractivity contribution < 1.29 is 41.2 Å². The molecule has 0 aromatic carbocycles. The van der Waals surface area contributed by atoms with Crippen LogP contribution in [-0.4, -0.2) is 66.5 Å². The zero-order valence-electron chi connectivity index (χ0n) is 20.6. The number of alkyl halides is 5. The minimum Gasteiger partial charge on any atom is -0.394 e. The van der Waals surface area contributed by atoms with E-state index in [4.69, 9.17) is 5.11 Å². The Hall–Kier alpha value is -2.65. The molecule has 0 saturated heterocycles. The molecule has 2 aliphatic carbocycles. The van der Waals surface area contributed by atoms with Crippen LogP contribution < -0.4 is 5.32 Å². The molecule has 2 aliphatic rings. The Bertz CT molecular complexity index is 1340. The number of aromatic nitrogens is 3. The van der Waals surface area contributed by atoms with Gasteiger partial charge in [-0.3, -0.25) is 9.48 Å². The van der Waals surface area contributed by atoms with E-state index in [1.54, 1.807) is 0 Å². The van der Waals surface area contributed by atoms with Gasteiger partial charge >= 0.3 is 6.18 Å². The van der Waals surface area contributed by atoms with Gasteiger partial charge in [0.15, 0.2) is 0 Å². The average Bonchev–Trinajstić information content (AvgIpc) is 3.56. The van der Waals surface area contributed by atoms with Gasteiger partial charge in [0.2, 0.25) is 5.92 Å². The Kier molecular flexibility index (Phi) is 7.33. The maximum Gasteiger partial charge on any atom is 0.420 e. The zero-order valence-corrected chi connectivity index (χ0v) is 21.5. The van der Waals surface area contributed by atoms with Crippen LogP contribution in [0, 0.1) is 5.41 Å². The van der Waals surface area contributed by atoms with E-state index in [2.05, 4.69) is 19.8 Å². The Labute approximate surface area is 215 Å². The molecule has 1 amide bonds. The van der Waals surface area contributed by atoms with Crippen molar-refractivity contribution >= 4 is 21.3 Å². The SMILES string of the molecule is CC1(Cn2nc(C3CC3)c(C(F)(F)F)c2C(=O)Nc2ccnc(S(C)(=O)=NCC(O)CO)c2)CC(F)(F)C1. The highest BCUT2D eigenvalue weighted by molar-refractivity contribution is 7.92. The third-order valence-corrected chi connectivity index (χ3v) is 8.11. The Morgan fingerprint density at radius 2 is 2.00 bits per heavy atom. The first kappa shape index (κ1) is 28.4. The van der Waals surface area contributed by atoms with Gasteiger partial charge in [0.05, 0.1) is 34.7 Å². The summed E-state index contributed by atoms with van der Waals surface area (Å²) in [5, 5.41) is 24.8. The van der Waals surface area contributed by atoms with Gasteiger partial charge in [0.25, 0.3) is 5.91 Å². The third kappa shape index (κ3) is 6.15. The van der Waals surface area contributed by atoms with E-state index in [1.165, 1.54) is 31.5 Å². The molecule has 0 spiro atoms. The second kappa shape index (κ2) is 9.83. The van der Waals surface area contributed by atoms with Crippen LogP contribution in [-0.2, 0) is 22.5 Å². The highest BCUT2D eigenvalue weighted by atomic mass is 32.2. The molecule has 210 valence electrons. The molecule has 2 unspecified atom stereocenters. The molecule has 4 rings (SSSR count). The fourth-order valence-corrected chi connectivity index (χ4v) is 5.85. The van der Waals surface area contributed by atoms with Crippen LogP contribution in [0.2, 0.25) is 0 Å². The van der Waals surface area contributed by atoms with Crippen molar-refractivity contribution in [2.45, 2.75) is 68.3 Å². The van der Waals surface area contributed by atoms with Crippen molar-refractivity contribution in [1.29, 1.82) is 0 Å². The van der Waals surface area contributed by atoms with Crippen LogP contribution in [0.25, 0.3) is 0 Å². The molecule has 0 bridgehead atoms. The first-order valence-electron chi connectivity index (χ1n) is 11.8. The van der Waals surface area contributed by atoms with Gasteiger partial charge in [-0.25, -0.2) is 22.3 Å². The minimum atomic E-state index is -4.92.